The third-order valence-electron chi connectivity index (χ3n) is 3.22. The van der Waals surface area contributed by atoms with Crippen molar-refractivity contribution in [2.45, 2.75) is 19.3 Å². The van der Waals surface area contributed by atoms with E-state index in [0.717, 1.165) is 31.3 Å². The van der Waals surface area contributed by atoms with Crippen LogP contribution >= 0.6 is 0 Å². The lowest BCUT2D eigenvalue weighted by Crippen LogP contribution is -2.34. The zero-order valence-electron chi connectivity index (χ0n) is 9.95. The maximum absolute atomic E-state index is 4.06. The topological polar surface area (TPSA) is 54.8 Å². The maximum Gasteiger partial charge on any atom is 0.133 e. The Morgan fingerprint density at radius 1 is 1.50 bits per heavy atom. The smallest absolute Gasteiger partial charge is 0.133 e. The molecule has 0 spiro atoms. The predicted octanol–water partition coefficient (Wildman–Crippen LogP) is -0.0532. The van der Waals surface area contributed by atoms with Crippen molar-refractivity contribution in [3.63, 3.8) is 0 Å². The number of rotatable bonds is 5. The lowest BCUT2D eigenvalue weighted by Gasteiger charge is -2.22. The molecule has 0 aromatic carbocycles. The van der Waals surface area contributed by atoms with Gasteiger partial charge in [-0.3, -0.25) is 0 Å². The summed E-state index contributed by atoms with van der Waals surface area (Å²) in [5.41, 5.74) is 0. The summed E-state index contributed by atoms with van der Waals surface area (Å²) in [6.07, 6.45) is 5.32. The van der Waals surface area contributed by atoms with Gasteiger partial charge in [0.05, 0.1) is 0 Å². The molecule has 2 N–H and O–H groups in total. The molecule has 1 saturated heterocycles. The number of hydrogen-bond acceptors (Lipinski definition) is 4. The van der Waals surface area contributed by atoms with Crippen LogP contribution in [-0.2, 0) is 13.5 Å². The number of nitrogens with zero attached hydrogens (tertiary/aromatic N) is 3. The van der Waals surface area contributed by atoms with Crippen LogP contribution in [0.15, 0.2) is 6.33 Å². The number of aryl methyl sites for hydroxylation is 1. The zero-order valence-corrected chi connectivity index (χ0v) is 9.95. The van der Waals surface area contributed by atoms with Crippen molar-refractivity contribution in [3.8, 4) is 0 Å². The predicted molar refractivity (Wildman–Crippen MR) is 63.2 cm³/mol. The minimum atomic E-state index is 0.848. The van der Waals surface area contributed by atoms with Gasteiger partial charge < -0.3 is 15.2 Å². The summed E-state index contributed by atoms with van der Waals surface area (Å²) in [6, 6.07) is 0. The van der Waals surface area contributed by atoms with Crippen molar-refractivity contribution in [3.05, 3.63) is 12.2 Å². The Morgan fingerprint density at radius 2 is 2.31 bits per heavy atom. The highest BCUT2D eigenvalue weighted by molar-refractivity contribution is 4.85. The molecule has 5 heteroatoms. The van der Waals surface area contributed by atoms with Crippen molar-refractivity contribution in [1.82, 2.24) is 25.4 Å². The van der Waals surface area contributed by atoms with Gasteiger partial charge in [0, 0.05) is 20.0 Å². The number of hydrogen-bond donors (Lipinski definition) is 2. The summed E-state index contributed by atoms with van der Waals surface area (Å²) in [6.45, 7) is 4.49. The van der Waals surface area contributed by atoms with E-state index in [1.807, 2.05) is 11.6 Å². The average Bonchev–Trinajstić information content (AvgIpc) is 2.72. The van der Waals surface area contributed by atoms with Crippen LogP contribution in [0.4, 0.5) is 0 Å². The molecule has 90 valence electrons. The van der Waals surface area contributed by atoms with E-state index in [1.54, 1.807) is 6.33 Å². The fraction of sp³-hybridized carbons (Fsp3) is 0.818. The molecule has 0 atom stereocenters. The van der Waals surface area contributed by atoms with Crippen molar-refractivity contribution >= 4 is 0 Å². The van der Waals surface area contributed by atoms with E-state index in [4.69, 9.17) is 0 Å². The highest BCUT2D eigenvalue weighted by Gasteiger charge is 2.11. The van der Waals surface area contributed by atoms with Crippen LogP contribution < -0.4 is 10.6 Å². The van der Waals surface area contributed by atoms with Crippen molar-refractivity contribution < 1.29 is 0 Å². The summed E-state index contributed by atoms with van der Waals surface area (Å²) in [4.78, 5) is 0. The molecule has 2 rings (SSSR count). The van der Waals surface area contributed by atoms with E-state index >= 15 is 0 Å². The second-order valence-electron chi connectivity index (χ2n) is 4.51. The van der Waals surface area contributed by atoms with E-state index in [-0.39, 0.29) is 0 Å². The molecular formula is C11H21N5. The van der Waals surface area contributed by atoms with Crippen LogP contribution in [0, 0.1) is 5.92 Å². The second-order valence-corrected chi connectivity index (χ2v) is 4.51. The number of nitrogens with one attached hydrogen (secondary N) is 2. The lowest BCUT2D eigenvalue weighted by molar-refractivity contribution is 0.357. The SMILES string of the molecule is Cn1cnnc1CCNCC1CCNCC1. The molecule has 0 radical (unpaired) electrons. The summed E-state index contributed by atoms with van der Waals surface area (Å²) in [5, 5.41) is 14.8. The first-order valence-electron chi connectivity index (χ1n) is 6.10. The molecule has 0 amide bonds. The molecule has 0 saturated carbocycles. The molecule has 16 heavy (non-hydrogen) atoms. The first kappa shape index (κ1) is 11.5. The van der Waals surface area contributed by atoms with E-state index in [2.05, 4.69) is 20.8 Å². The minimum absolute atomic E-state index is 0.848. The van der Waals surface area contributed by atoms with Crippen molar-refractivity contribution in [2.75, 3.05) is 26.2 Å². The average molecular weight is 223 g/mol. The van der Waals surface area contributed by atoms with Crippen LogP contribution in [0.25, 0.3) is 0 Å². The molecule has 1 aliphatic heterocycles. The Hall–Kier alpha value is -0.940. The van der Waals surface area contributed by atoms with Gasteiger partial charge in [-0.05, 0) is 38.4 Å². The van der Waals surface area contributed by atoms with Gasteiger partial charge in [0.2, 0.25) is 0 Å². The van der Waals surface area contributed by atoms with E-state index in [1.165, 1.54) is 25.9 Å². The third kappa shape index (κ3) is 3.28. The third-order valence-corrected chi connectivity index (χ3v) is 3.22. The largest absolute Gasteiger partial charge is 0.321 e. The van der Waals surface area contributed by atoms with Crippen molar-refractivity contribution in [1.29, 1.82) is 0 Å². The van der Waals surface area contributed by atoms with Gasteiger partial charge in [0.25, 0.3) is 0 Å². The Morgan fingerprint density at radius 3 is 3.00 bits per heavy atom. The highest BCUT2D eigenvalue weighted by Crippen LogP contribution is 2.09. The van der Waals surface area contributed by atoms with Gasteiger partial charge in [-0.15, -0.1) is 10.2 Å². The van der Waals surface area contributed by atoms with Gasteiger partial charge in [0.15, 0.2) is 0 Å². The summed E-state index contributed by atoms with van der Waals surface area (Å²) >= 11 is 0. The molecule has 0 aliphatic carbocycles. The molecule has 1 fully saturated rings. The Bertz CT molecular complexity index is 303. The second kappa shape index (κ2) is 5.96. The molecule has 0 unspecified atom stereocenters. The monoisotopic (exact) mass is 223 g/mol. The van der Waals surface area contributed by atoms with Crippen molar-refractivity contribution in [2.24, 2.45) is 13.0 Å². The molecule has 5 nitrogen and oxygen atoms in total. The van der Waals surface area contributed by atoms with Crippen LogP contribution in [-0.4, -0.2) is 40.9 Å². The van der Waals surface area contributed by atoms with Crippen LogP contribution in [0.1, 0.15) is 18.7 Å². The zero-order chi connectivity index (χ0) is 11.2. The van der Waals surface area contributed by atoms with E-state index in [0.29, 0.717) is 0 Å². The van der Waals surface area contributed by atoms with Crippen LogP contribution in [0.5, 0.6) is 0 Å². The standard InChI is InChI=1S/C11H21N5/c1-16-9-14-15-11(16)4-7-13-8-10-2-5-12-6-3-10/h9-10,12-13H,2-8H2,1H3. The Kier molecular flexibility index (Phi) is 4.30. The summed E-state index contributed by atoms with van der Waals surface area (Å²) in [7, 11) is 1.99. The van der Waals surface area contributed by atoms with E-state index in [9.17, 15) is 0 Å². The van der Waals surface area contributed by atoms with Gasteiger partial charge in [0.1, 0.15) is 12.2 Å². The first-order chi connectivity index (χ1) is 7.86. The fourth-order valence-electron chi connectivity index (χ4n) is 2.13. The number of aromatic nitrogens is 3. The van der Waals surface area contributed by atoms with Gasteiger partial charge in [-0.1, -0.05) is 0 Å². The normalized spacial score (nSPS) is 17.8. The Balaban J connectivity index is 1.59. The van der Waals surface area contributed by atoms with E-state index < -0.39 is 0 Å². The van der Waals surface area contributed by atoms with Gasteiger partial charge in [-0.25, -0.2) is 0 Å². The Labute approximate surface area is 96.6 Å². The first-order valence-corrected chi connectivity index (χ1v) is 6.10. The summed E-state index contributed by atoms with van der Waals surface area (Å²) < 4.78 is 1.98. The van der Waals surface area contributed by atoms with Crippen LogP contribution in [0.2, 0.25) is 0 Å². The molecule has 1 aromatic rings. The van der Waals surface area contributed by atoms with Gasteiger partial charge in [-0.2, -0.15) is 0 Å². The highest BCUT2D eigenvalue weighted by atomic mass is 15.2. The molecule has 1 aliphatic rings. The molecule has 2 heterocycles. The lowest BCUT2D eigenvalue weighted by atomic mass is 9.98. The number of piperidine rings is 1. The summed E-state index contributed by atoms with van der Waals surface area (Å²) in [5.74, 6) is 1.90. The maximum atomic E-state index is 4.06. The molecular weight excluding hydrogens is 202 g/mol. The molecule has 0 bridgehead atoms. The minimum Gasteiger partial charge on any atom is -0.321 e. The van der Waals surface area contributed by atoms with Gasteiger partial charge >= 0.3 is 0 Å². The fourth-order valence-corrected chi connectivity index (χ4v) is 2.13. The van der Waals surface area contributed by atoms with Crippen LogP contribution in [0.3, 0.4) is 0 Å². The molecule has 1 aromatic heterocycles. The quantitative estimate of drug-likeness (QED) is 0.687.